The molecule has 45 heavy (non-hydrogen) atoms. The predicted octanol–water partition coefficient (Wildman–Crippen LogP) is 5.31. The number of non-ortho nitro benzene ring substituents is 2. The molecule has 1 saturated heterocycles. The zero-order chi connectivity index (χ0) is 32.2. The summed E-state index contributed by atoms with van der Waals surface area (Å²) in [7, 11) is 0. The lowest BCUT2D eigenvalue weighted by molar-refractivity contribution is -0.385. The lowest BCUT2D eigenvalue weighted by Gasteiger charge is -2.30. The Kier molecular flexibility index (Phi) is 7.99. The van der Waals surface area contributed by atoms with Crippen molar-refractivity contribution in [3.05, 3.63) is 104 Å². The van der Waals surface area contributed by atoms with Crippen LogP contribution in [0.5, 0.6) is 11.5 Å². The highest BCUT2D eigenvalue weighted by atomic mass is 79.9. The summed E-state index contributed by atoms with van der Waals surface area (Å²) in [5.74, 6) is -3.39. The van der Waals surface area contributed by atoms with Crippen LogP contribution in [0.4, 0.5) is 11.4 Å². The first-order chi connectivity index (χ1) is 21.5. The molecule has 3 aromatic carbocycles. The number of nitro groups is 2. The van der Waals surface area contributed by atoms with Crippen molar-refractivity contribution in [2.45, 2.75) is 16.1 Å². The Bertz CT molecular complexity index is 1700. The Balaban J connectivity index is 1.26. The van der Waals surface area contributed by atoms with E-state index in [-0.39, 0.29) is 44.0 Å². The van der Waals surface area contributed by atoms with E-state index in [1.807, 2.05) is 0 Å². The number of carbonyl (C=O) groups is 4. The lowest BCUT2D eigenvalue weighted by Crippen LogP contribution is -2.52. The molecule has 15 heteroatoms. The molecule has 3 aromatic rings. The Hall–Kier alpha value is -4.50. The summed E-state index contributed by atoms with van der Waals surface area (Å²) in [6, 6.07) is 16.0. The van der Waals surface area contributed by atoms with Crippen molar-refractivity contribution < 1.29 is 33.8 Å². The van der Waals surface area contributed by atoms with E-state index in [1.54, 1.807) is 0 Å². The third-order valence-electron chi connectivity index (χ3n) is 8.52. The first-order valence-electron chi connectivity index (χ1n) is 13.7. The number of nitrogens with zero attached hydrogens (tertiary/aromatic N) is 4. The number of carbonyl (C=O) groups excluding carboxylic acids is 4. The molecule has 0 N–H and O–H groups in total. The van der Waals surface area contributed by atoms with Crippen molar-refractivity contribution >= 4 is 66.7 Å². The number of Topliss-reactive ketones (excluding diaryl/α,β-unsaturated/α-hetero) is 1. The van der Waals surface area contributed by atoms with E-state index >= 15 is 0 Å². The number of nitro benzene ring substituents is 2. The van der Waals surface area contributed by atoms with E-state index < -0.39 is 51.7 Å². The number of hydrogen-bond donors (Lipinski definition) is 0. The summed E-state index contributed by atoms with van der Waals surface area (Å²) in [6.07, 6.45) is 0.677. The minimum absolute atomic E-state index is 0.0346. The molecule has 1 heterocycles. The average Bonchev–Trinajstić information content (AvgIpc) is 3.65. The fourth-order valence-electron chi connectivity index (χ4n) is 6.39. The second-order valence-electron chi connectivity index (χ2n) is 11.0. The van der Waals surface area contributed by atoms with Crippen LogP contribution >= 0.6 is 31.9 Å². The molecule has 3 fully saturated rings. The Morgan fingerprint density at radius 3 is 1.64 bits per heavy atom. The van der Waals surface area contributed by atoms with Crippen LogP contribution in [0, 0.1) is 43.9 Å². The topological polar surface area (TPSA) is 170 Å². The number of imide groups is 1. The van der Waals surface area contributed by atoms with Crippen LogP contribution in [0.3, 0.4) is 0 Å². The lowest BCUT2D eigenvalue weighted by atomic mass is 9.81. The van der Waals surface area contributed by atoms with Crippen LogP contribution in [0.25, 0.3) is 0 Å². The van der Waals surface area contributed by atoms with Gasteiger partial charge in [-0.25, -0.2) is 5.01 Å². The normalized spacial score (nSPS) is 24.8. The van der Waals surface area contributed by atoms with Gasteiger partial charge in [0.1, 0.15) is 18.0 Å². The fraction of sp³-hybridized carbons (Fsp3) is 0.267. The molecular weight excluding hydrogens is 720 g/mol. The number of alkyl halides is 2. The van der Waals surface area contributed by atoms with Crippen molar-refractivity contribution in [3.8, 4) is 11.5 Å². The molecule has 6 rings (SSSR count). The number of amides is 3. The van der Waals surface area contributed by atoms with Gasteiger partial charge in [-0.3, -0.25) is 39.4 Å². The highest BCUT2D eigenvalue weighted by molar-refractivity contribution is 9.12. The highest BCUT2D eigenvalue weighted by Crippen LogP contribution is 2.60. The van der Waals surface area contributed by atoms with Crippen molar-refractivity contribution in [2.24, 2.45) is 23.7 Å². The molecule has 3 amide bonds. The van der Waals surface area contributed by atoms with Crippen LogP contribution in [-0.4, -0.2) is 59.6 Å². The van der Waals surface area contributed by atoms with Crippen molar-refractivity contribution in [1.29, 1.82) is 0 Å². The zero-order valence-electron chi connectivity index (χ0n) is 23.0. The molecule has 0 radical (unpaired) electrons. The van der Waals surface area contributed by atoms with Gasteiger partial charge in [-0.05, 0) is 66.8 Å². The van der Waals surface area contributed by atoms with Gasteiger partial charge in [-0.2, -0.15) is 5.01 Å². The Morgan fingerprint density at radius 1 is 0.756 bits per heavy atom. The van der Waals surface area contributed by atoms with Crippen LogP contribution in [0.2, 0.25) is 0 Å². The van der Waals surface area contributed by atoms with E-state index in [0.717, 1.165) is 22.2 Å². The quantitative estimate of drug-likeness (QED) is 0.0927. The van der Waals surface area contributed by atoms with Gasteiger partial charge in [0.05, 0.1) is 21.7 Å². The largest absolute Gasteiger partial charge is 0.457 e. The number of hydrogen-bond acceptors (Lipinski definition) is 9. The van der Waals surface area contributed by atoms with Crippen LogP contribution < -0.4 is 4.74 Å². The third kappa shape index (κ3) is 5.39. The third-order valence-corrected chi connectivity index (χ3v) is 11.7. The molecule has 230 valence electrons. The molecule has 0 spiro atoms. The van der Waals surface area contributed by atoms with Gasteiger partial charge >= 0.3 is 0 Å². The summed E-state index contributed by atoms with van der Waals surface area (Å²) in [4.78, 5) is 75.7. The fourth-order valence-corrected chi connectivity index (χ4v) is 8.26. The summed E-state index contributed by atoms with van der Waals surface area (Å²) >= 11 is 7.27. The van der Waals surface area contributed by atoms with Crippen LogP contribution in [-0.2, 0) is 9.59 Å². The van der Waals surface area contributed by atoms with Crippen LogP contribution in [0.15, 0.2) is 72.8 Å². The molecule has 0 aromatic heterocycles. The predicted molar refractivity (Wildman–Crippen MR) is 164 cm³/mol. The summed E-state index contributed by atoms with van der Waals surface area (Å²) in [6.45, 7) is -0.653. The number of fused-ring (bicyclic) bond motifs is 5. The summed E-state index contributed by atoms with van der Waals surface area (Å²) in [5, 5.41) is 23.6. The standard InChI is InChI=1S/C30H22Br2N4O9/c31-26-21-13-22(27(26)32)25-24(21)29(39)34(30(25)40)33(28(38)16-1-5-17(6-2-16)35(41)42)14-23(37)15-3-9-19(10-4-15)45-20-11-7-18(8-12-20)36(43)44/h1-12,21-22,24-27H,13-14H2/t21-,22-,24-,25+,26+,27+/m1/s1. The molecule has 2 saturated carbocycles. The minimum atomic E-state index is -0.837. The number of halogens is 2. The van der Waals surface area contributed by atoms with Gasteiger partial charge in [0.25, 0.3) is 29.1 Å². The molecule has 2 aliphatic carbocycles. The van der Waals surface area contributed by atoms with Gasteiger partial charge in [0.2, 0.25) is 0 Å². The maximum absolute atomic E-state index is 13.8. The van der Waals surface area contributed by atoms with Gasteiger partial charge in [0.15, 0.2) is 5.78 Å². The summed E-state index contributed by atoms with van der Waals surface area (Å²) in [5.41, 5.74) is -0.233. The molecule has 2 bridgehead atoms. The molecule has 6 atom stereocenters. The SMILES string of the molecule is O=C(CN(C(=O)c1ccc([N+](=O)[O-])cc1)N1C(=O)[C@@H]2[C@H]3C[C@@H]([C@H](Br)[C@H]3Br)[C@@H]2C1=O)c1ccc(Oc2ccc([N+](=O)[O-])cc2)cc1. The number of rotatable bonds is 9. The van der Waals surface area contributed by atoms with Crippen molar-refractivity contribution in [1.82, 2.24) is 10.0 Å². The molecular formula is C30H22Br2N4O9. The number of ketones is 1. The Labute approximate surface area is 271 Å². The van der Waals surface area contributed by atoms with Gasteiger partial charge in [-0.15, -0.1) is 0 Å². The first-order valence-corrected chi connectivity index (χ1v) is 15.6. The van der Waals surface area contributed by atoms with Crippen molar-refractivity contribution in [2.75, 3.05) is 6.54 Å². The minimum Gasteiger partial charge on any atom is -0.457 e. The highest BCUT2D eigenvalue weighted by Gasteiger charge is 2.67. The van der Waals surface area contributed by atoms with Crippen LogP contribution in [0.1, 0.15) is 27.1 Å². The number of hydrazine groups is 1. The van der Waals surface area contributed by atoms with Gasteiger partial charge in [0, 0.05) is 45.0 Å². The summed E-state index contributed by atoms with van der Waals surface area (Å²) < 4.78 is 5.69. The van der Waals surface area contributed by atoms with Gasteiger partial charge in [-0.1, -0.05) is 31.9 Å². The molecule has 3 aliphatic rings. The van der Waals surface area contributed by atoms with E-state index in [1.165, 1.54) is 60.7 Å². The van der Waals surface area contributed by atoms with E-state index in [0.29, 0.717) is 17.9 Å². The molecule has 0 unspecified atom stereocenters. The molecule has 1 aliphatic heterocycles. The van der Waals surface area contributed by atoms with Gasteiger partial charge < -0.3 is 4.74 Å². The second kappa shape index (κ2) is 11.8. The molecule has 13 nitrogen and oxygen atoms in total. The van der Waals surface area contributed by atoms with E-state index in [9.17, 15) is 39.4 Å². The van der Waals surface area contributed by atoms with Crippen molar-refractivity contribution in [3.63, 3.8) is 0 Å². The maximum Gasteiger partial charge on any atom is 0.273 e. The zero-order valence-corrected chi connectivity index (χ0v) is 26.2. The number of benzene rings is 3. The average molecular weight is 742 g/mol. The Morgan fingerprint density at radius 2 is 1.18 bits per heavy atom. The second-order valence-corrected chi connectivity index (χ2v) is 13.1. The number of ether oxygens (including phenoxy) is 1. The maximum atomic E-state index is 13.8. The first kappa shape index (κ1) is 30.5. The van der Waals surface area contributed by atoms with E-state index in [4.69, 9.17) is 4.74 Å². The monoisotopic (exact) mass is 740 g/mol. The smallest absolute Gasteiger partial charge is 0.273 e. The van der Waals surface area contributed by atoms with E-state index in [2.05, 4.69) is 31.9 Å².